The van der Waals surface area contributed by atoms with Crippen molar-refractivity contribution < 1.29 is 19.1 Å². The van der Waals surface area contributed by atoms with Crippen LogP contribution in [-0.2, 0) is 14.3 Å². The number of anilines is 1. The van der Waals surface area contributed by atoms with Crippen molar-refractivity contribution in [3.8, 4) is 0 Å². The smallest absolute Gasteiger partial charge is 0.338 e. The third kappa shape index (κ3) is 6.57. The van der Waals surface area contributed by atoms with Crippen LogP contribution >= 0.6 is 0 Å². The van der Waals surface area contributed by atoms with E-state index >= 15 is 0 Å². The van der Waals surface area contributed by atoms with E-state index in [2.05, 4.69) is 10.6 Å². The van der Waals surface area contributed by atoms with Crippen molar-refractivity contribution in [3.05, 3.63) is 29.8 Å². The molecule has 136 valence electrons. The molecule has 0 heterocycles. The first-order chi connectivity index (χ1) is 12.1. The van der Waals surface area contributed by atoms with Gasteiger partial charge in [-0.3, -0.25) is 9.59 Å². The van der Waals surface area contributed by atoms with Crippen molar-refractivity contribution >= 4 is 23.5 Å². The van der Waals surface area contributed by atoms with Crippen molar-refractivity contribution in [2.75, 3.05) is 18.5 Å². The van der Waals surface area contributed by atoms with Crippen molar-refractivity contribution in [3.63, 3.8) is 0 Å². The summed E-state index contributed by atoms with van der Waals surface area (Å²) in [6, 6.07) is 6.54. The fourth-order valence-electron chi connectivity index (χ4n) is 3.05. The lowest BCUT2D eigenvalue weighted by Crippen LogP contribution is -2.34. The van der Waals surface area contributed by atoms with Gasteiger partial charge in [-0.2, -0.15) is 0 Å². The summed E-state index contributed by atoms with van der Waals surface area (Å²) in [5.74, 6) is -0.391. The number of hydrogen-bond donors (Lipinski definition) is 2. The lowest BCUT2D eigenvalue weighted by Gasteiger charge is -2.20. The molecule has 0 radical (unpaired) electrons. The minimum Gasteiger partial charge on any atom is -0.462 e. The topological polar surface area (TPSA) is 84.5 Å². The number of rotatable bonds is 7. The molecule has 2 N–H and O–H groups in total. The van der Waals surface area contributed by atoms with Crippen LogP contribution in [0.4, 0.5) is 5.69 Å². The van der Waals surface area contributed by atoms with Gasteiger partial charge in [-0.05, 0) is 43.9 Å². The maximum Gasteiger partial charge on any atom is 0.338 e. The molecule has 1 fully saturated rings. The second-order valence-corrected chi connectivity index (χ2v) is 6.33. The van der Waals surface area contributed by atoms with Gasteiger partial charge in [0.2, 0.25) is 11.8 Å². The number of hydrogen-bond acceptors (Lipinski definition) is 4. The maximum atomic E-state index is 12.0. The van der Waals surface area contributed by atoms with Gasteiger partial charge < -0.3 is 15.4 Å². The average Bonchev–Trinajstić information content (AvgIpc) is 2.61. The maximum absolute atomic E-state index is 12.0. The summed E-state index contributed by atoms with van der Waals surface area (Å²) in [4.78, 5) is 35.6. The second-order valence-electron chi connectivity index (χ2n) is 6.33. The molecule has 2 rings (SSSR count). The largest absolute Gasteiger partial charge is 0.462 e. The first-order valence-corrected chi connectivity index (χ1v) is 8.92. The Morgan fingerprint density at radius 2 is 1.88 bits per heavy atom. The fraction of sp³-hybridized carbons (Fsp3) is 0.526. The first-order valence-electron chi connectivity index (χ1n) is 8.92. The molecule has 1 aromatic rings. The predicted octanol–water partition coefficient (Wildman–Crippen LogP) is 2.89. The lowest BCUT2D eigenvalue weighted by molar-refractivity contribution is -0.125. The van der Waals surface area contributed by atoms with Gasteiger partial charge in [-0.15, -0.1) is 0 Å². The Kier molecular flexibility index (Phi) is 7.44. The minimum absolute atomic E-state index is 0.0742. The summed E-state index contributed by atoms with van der Waals surface area (Å²) in [6.45, 7) is 1.96. The summed E-state index contributed by atoms with van der Waals surface area (Å²) in [5, 5.41) is 5.34. The highest BCUT2D eigenvalue weighted by atomic mass is 16.5. The normalized spacial score (nSPS) is 14.6. The summed E-state index contributed by atoms with van der Waals surface area (Å²) in [6.07, 6.45) is 6.32. The van der Waals surface area contributed by atoms with Crippen molar-refractivity contribution in [1.29, 1.82) is 0 Å². The molecular formula is C19H26N2O4. The van der Waals surface area contributed by atoms with Gasteiger partial charge in [-0.25, -0.2) is 4.79 Å². The molecule has 0 bridgehead atoms. The van der Waals surface area contributed by atoms with Gasteiger partial charge in [0, 0.05) is 12.1 Å². The zero-order valence-corrected chi connectivity index (χ0v) is 14.7. The molecule has 6 heteroatoms. The molecule has 0 saturated heterocycles. The third-order valence-corrected chi connectivity index (χ3v) is 4.30. The minimum atomic E-state index is -0.431. The molecule has 0 unspecified atom stereocenters. The molecule has 1 aliphatic carbocycles. The van der Waals surface area contributed by atoms with Crippen LogP contribution in [0.1, 0.15) is 55.8 Å². The van der Waals surface area contributed by atoms with E-state index in [0.717, 1.165) is 12.8 Å². The SMILES string of the molecule is CCOC(=O)c1cccc(NC(=O)CNC(=O)CC2CCCCC2)c1. The number of carbonyl (C=O) groups excluding carboxylic acids is 3. The first kappa shape index (κ1) is 19.0. The van der Waals surface area contributed by atoms with E-state index in [1.807, 2.05) is 0 Å². The Hall–Kier alpha value is -2.37. The predicted molar refractivity (Wildman–Crippen MR) is 95.2 cm³/mol. The Labute approximate surface area is 148 Å². The molecule has 0 aromatic heterocycles. The van der Waals surface area contributed by atoms with Crippen LogP contribution in [0, 0.1) is 5.92 Å². The highest BCUT2D eigenvalue weighted by Crippen LogP contribution is 2.25. The van der Waals surface area contributed by atoms with E-state index in [-0.39, 0.29) is 18.4 Å². The third-order valence-electron chi connectivity index (χ3n) is 4.30. The Morgan fingerprint density at radius 1 is 1.12 bits per heavy atom. The number of esters is 1. The lowest BCUT2D eigenvalue weighted by atomic mass is 9.87. The number of benzene rings is 1. The summed E-state index contributed by atoms with van der Waals surface area (Å²) in [5.41, 5.74) is 0.873. The van der Waals surface area contributed by atoms with Gasteiger partial charge in [0.1, 0.15) is 0 Å². The van der Waals surface area contributed by atoms with Gasteiger partial charge in [0.15, 0.2) is 0 Å². The Balaban J connectivity index is 1.76. The van der Waals surface area contributed by atoms with Crippen LogP contribution < -0.4 is 10.6 Å². The molecular weight excluding hydrogens is 320 g/mol. The van der Waals surface area contributed by atoms with Gasteiger partial charge in [0.05, 0.1) is 18.7 Å². The quantitative estimate of drug-likeness (QED) is 0.744. The number of amides is 2. The zero-order valence-electron chi connectivity index (χ0n) is 14.7. The van der Waals surface area contributed by atoms with E-state index < -0.39 is 5.97 Å². The second kappa shape index (κ2) is 9.81. The zero-order chi connectivity index (χ0) is 18.1. The number of nitrogens with one attached hydrogen (secondary N) is 2. The van der Waals surface area contributed by atoms with E-state index in [1.54, 1.807) is 31.2 Å². The van der Waals surface area contributed by atoms with Crippen LogP contribution in [0.2, 0.25) is 0 Å². The van der Waals surface area contributed by atoms with Crippen molar-refractivity contribution in [2.24, 2.45) is 5.92 Å². The molecule has 1 aromatic carbocycles. The van der Waals surface area contributed by atoms with E-state index in [9.17, 15) is 14.4 Å². The molecule has 1 saturated carbocycles. The number of ether oxygens (including phenoxy) is 1. The highest BCUT2D eigenvalue weighted by molar-refractivity contribution is 5.96. The molecule has 25 heavy (non-hydrogen) atoms. The standard InChI is InChI=1S/C19H26N2O4/c1-2-25-19(24)15-9-6-10-16(12-15)21-18(23)13-20-17(22)11-14-7-4-3-5-8-14/h6,9-10,12,14H,2-5,7-8,11,13H2,1H3,(H,20,22)(H,21,23). The van der Waals surface area contributed by atoms with Gasteiger partial charge >= 0.3 is 5.97 Å². The van der Waals surface area contributed by atoms with Gasteiger partial charge in [0.25, 0.3) is 0 Å². The molecule has 0 atom stereocenters. The van der Waals surface area contributed by atoms with Crippen LogP contribution in [-0.4, -0.2) is 30.9 Å². The highest BCUT2D eigenvalue weighted by Gasteiger charge is 2.17. The Morgan fingerprint density at radius 3 is 2.60 bits per heavy atom. The van der Waals surface area contributed by atoms with Crippen LogP contribution in [0.3, 0.4) is 0 Å². The Bertz CT molecular complexity index is 609. The molecule has 0 aliphatic heterocycles. The monoisotopic (exact) mass is 346 g/mol. The summed E-state index contributed by atoms with van der Waals surface area (Å²) < 4.78 is 4.93. The average molecular weight is 346 g/mol. The van der Waals surface area contributed by atoms with Crippen LogP contribution in [0.15, 0.2) is 24.3 Å². The fourth-order valence-corrected chi connectivity index (χ4v) is 3.05. The van der Waals surface area contributed by atoms with Crippen molar-refractivity contribution in [1.82, 2.24) is 5.32 Å². The molecule has 1 aliphatic rings. The van der Waals surface area contributed by atoms with E-state index in [1.165, 1.54) is 19.3 Å². The van der Waals surface area contributed by atoms with Crippen molar-refractivity contribution in [2.45, 2.75) is 45.4 Å². The summed E-state index contributed by atoms with van der Waals surface area (Å²) in [7, 11) is 0. The van der Waals surface area contributed by atoms with E-state index in [0.29, 0.717) is 30.2 Å². The summed E-state index contributed by atoms with van der Waals surface area (Å²) >= 11 is 0. The van der Waals surface area contributed by atoms with E-state index in [4.69, 9.17) is 4.74 Å². The van der Waals surface area contributed by atoms with Crippen LogP contribution in [0.5, 0.6) is 0 Å². The van der Waals surface area contributed by atoms with Crippen LogP contribution in [0.25, 0.3) is 0 Å². The molecule has 2 amide bonds. The molecule has 6 nitrogen and oxygen atoms in total. The number of carbonyl (C=O) groups is 3. The molecule has 0 spiro atoms. The van der Waals surface area contributed by atoms with Gasteiger partial charge in [-0.1, -0.05) is 25.3 Å².